The molecule has 0 aliphatic heterocycles. The molecule has 0 unspecified atom stereocenters. The number of amides is 2. The molecule has 1 N–H and O–H groups in total. The first-order valence-corrected chi connectivity index (χ1v) is 14.8. The number of carbonyl (C=O) groups is 2. The van der Waals surface area contributed by atoms with Crippen molar-refractivity contribution in [2.24, 2.45) is 0 Å². The van der Waals surface area contributed by atoms with E-state index in [0.29, 0.717) is 10.6 Å². The third kappa shape index (κ3) is 8.76. The second-order valence-electron chi connectivity index (χ2n) is 10.8. The van der Waals surface area contributed by atoms with Gasteiger partial charge in [-0.3, -0.25) is 9.59 Å². The molecule has 1 atom stereocenters. The molecule has 0 spiro atoms. The number of halogens is 2. The molecule has 8 nitrogen and oxygen atoms in total. The summed E-state index contributed by atoms with van der Waals surface area (Å²) in [5.74, 6) is -1.91. The first-order valence-electron chi connectivity index (χ1n) is 13.0. The van der Waals surface area contributed by atoms with E-state index in [1.807, 2.05) is 51.1 Å². The summed E-state index contributed by atoms with van der Waals surface area (Å²) in [5.41, 5.74) is 0.554. The Hall–Kier alpha value is -3.47. The van der Waals surface area contributed by atoms with Gasteiger partial charge in [-0.25, -0.2) is 8.70 Å². The quantitative estimate of drug-likeness (QED) is 0.346. The van der Waals surface area contributed by atoms with Crippen LogP contribution in [0.4, 0.5) is 10.1 Å². The van der Waals surface area contributed by atoms with Gasteiger partial charge in [-0.15, -0.1) is 0 Å². The third-order valence-electron chi connectivity index (χ3n) is 6.15. The molecule has 3 aromatic rings. The van der Waals surface area contributed by atoms with Crippen LogP contribution in [0.25, 0.3) is 0 Å². The maximum absolute atomic E-state index is 14.9. The van der Waals surface area contributed by atoms with E-state index in [4.69, 9.17) is 11.6 Å². The van der Waals surface area contributed by atoms with Gasteiger partial charge in [0, 0.05) is 37.6 Å². The summed E-state index contributed by atoms with van der Waals surface area (Å²) >= 11 is 6.23. The SMILES string of the molecule is CN(C)S(=O)(=O)N(CC(=O)N(Cc1cccc(Cl)c1)[C@H](Cc1ccccc1)C(=O)NC(C)(C)C)c1ccccc1F. The molecular formula is C30H36ClFN4O4S. The van der Waals surface area contributed by atoms with Crippen molar-refractivity contribution >= 4 is 39.3 Å². The van der Waals surface area contributed by atoms with Crippen LogP contribution in [0.15, 0.2) is 78.9 Å². The summed E-state index contributed by atoms with van der Waals surface area (Å²) in [4.78, 5) is 29.2. The number of para-hydroxylation sites is 1. The van der Waals surface area contributed by atoms with Crippen molar-refractivity contribution in [3.63, 3.8) is 0 Å². The van der Waals surface area contributed by atoms with Crippen LogP contribution in [-0.4, -0.2) is 61.7 Å². The summed E-state index contributed by atoms with van der Waals surface area (Å²) in [7, 11) is -1.70. The minimum Gasteiger partial charge on any atom is -0.350 e. The zero-order chi connectivity index (χ0) is 30.4. The van der Waals surface area contributed by atoms with Gasteiger partial charge in [-0.2, -0.15) is 12.7 Å². The standard InChI is InChI=1S/C30H36ClFN4O4S/c1-30(2,3)33-29(38)27(19-22-12-7-6-8-13-22)35(20-23-14-11-15-24(31)18-23)28(37)21-36(41(39,40)34(4)5)26-17-10-9-16-25(26)32/h6-18,27H,19-21H2,1-5H3,(H,33,38)/t27-/m1/s1. The molecule has 0 aromatic heterocycles. The minimum atomic E-state index is -4.30. The average molecular weight is 603 g/mol. The first-order chi connectivity index (χ1) is 19.2. The summed E-state index contributed by atoms with van der Waals surface area (Å²) < 4.78 is 43.2. The average Bonchev–Trinajstić information content (AvgIpc) is 2.89. The molecule has 2 amide bonds. The molecular weight excluding hydrogens is 567 g/mol. The Morgan fingerprint density at radius 2 is 1.54 bits per heavy atom. The fourth-order valence-electron chi connectivity index (χ4n) is 4.19. The lowest BCUT2D eigenvalue weighted by atomic mass is 10.0. The molecule has 3 aromatic carbocycles. The van der Waals surface area contributed by atoms with E-state index in [0.717, 1.165) is 20.2 Å². The Labute approximate surface area is 246 Å². The normalized spacial score (nSPS) is 12.6. The van der Waals surface area contributed by atoms with Gasteiger partial charge < -0.3 is 10.2 Å². The maximum Gasteiger partial charge on any atom is 0.304 e. The van der Waals surface area contributed by atoms with Crippen LogP contribution < -0.4 is 9.62 Å². The van der Waals surface area contributed by atoms with Crippen LogP contribution in [0.2, 0.25) is 5.02 Å². The highest BCUT2D eigenvalue weighted by Gasteiger charge is 2.36. The van der Waals surface area contributed by atoms with Crippen molar-refractivity contribution in [1.82, 2.24) is 14.5 Å². The van der Waals surface area contributed by atoms with Gasteiger partial charge in [-0.1, -0.05) is 66.2 Å². The molecule has 0 fully saturated rings. The molecule has 0 bridgehead atoms. The lowest BCUT2D eigenvalue weighted by Gasteiger charge is -2.35. The van der Waals surface area contributed by atoms with Crippen molar-refractivity contribution in [2.45, 2.75) is 45.3 Å². The van der Waals surface area contributed by atoms with Crippen molar-refractivity contribution in [1.29, 1.82) is 0 Å². The molecule has 0 aliphatic rings. The Balaban J connectivity index is 2.13. The zero-order valence-corrected chi connectivity index (χ0v) is 25.4. The summed E-state index contributed by atoms with van der Waals surface area (Å²) in [6.07, 6.45) is 0.162. The second kappa shape index (κ2) is 13.5. The smallest absolute Gasteiger partial charge is 0.304 e. The fourth-order valence-corrected chi connectivity index (χ4v) is 5.47. The number of carbonyl (C=O) groups excluding carboxylic acids is 2. The second-order valence-corrected chi connectivity index (χ2v) is 13.3. The van der Waals surface area contributed by atoms with Gasteiger partial charge >= 0.3 is 10.2 Å². The van der Waals surface area contributed by atoms with Gasteiger partial charge in [0.15, 0.2) is 0 Å². The Morgan fingerprint density at radius 1 is 0.927 bits per heavy atom. The van der Waals surface area contributed by atoms with E-state index in [1.54, 1.807) is 24.3 Å². The summed E-state index contributed by atoms with van der Waals surface area (Å²) in [5, 5.41) is 3.40. The fraction of sp³-hybridized carbons (Fsp3) is 0.333. The highest BCUT2D eigenvalue weighted by atomic mass is 35.5. The van der Waals surface area contributed by atoms with E-state index in [9.17, 15) is 22.4 Å². The molecule has 0 aliphatic carbocycles. The van der Waals surface area contributed by atoms with Gasteiger partial charge in [-0.05, 0) is 56.2 Å². The van der Waals surface area contributed by atoms with E-state index >= 15 is 0 Å². The highest BCUT2D eigenvalue weighted by molar-refractivity contribution is 7.90. The predicted octanol–water partition coefficient (Wildman–Crippen LogP) is 4.65. The summed E-state index contributed by atoms with van der Waals surface area (Å²) in [6.45, 7) is 4.71. The third-order valence-corrected chi connectivity index (χ3v) is 8.19. The van der Waals surface area contributed by atoms with Crippen LogP contribution in [0, 0.1) is 5.82 Å². The maximum atomic E-state index is 14.9. The predicted molar refractivity (Wildman–Crippen MR) is 160 cm³/mol. The summed E-state index contributed by atoms with van der Waals surface area (Å²) in [6, 6.07) is 20.4. The van der Waals surface area contributed by atoms with Crippen LogP contribution >= 0.6 is 11.6 Å². The van der Waals surface area contributed by atoms with Crippen molar-refractivity contribution in [2.75, 3.05) is 24.9 Å². The van der Waals surface area contributed by atoms with Crippen LogP contribution in [-0.2, 0) is 32.8 Å². The highest BCUT2D eigenvalue weighted by Crippen LogP contribution is 2.25. The van der Waals surface area contributed by atoms with E-state index < -0.39 is 46.0 Å². The number of nitrogens with zero attached hydrogens (tertiary/aromatic N) is 3. The molecule has 0 saturated carbocycles. The molecule has 0 radical (unpaired) electrons. The molecule has 220 valence electrons. The monoisotopic (exact) mass is 602 g/mol. The Bertz CT molecular complexity index is 1460. The molecule has 41 heavy (non-hydrogen) atoms. The lowest BCUT2D eigenvalue weighted by molar-refractivity contribution is -0.140. The number of rotatable bonds is 11. The van der Waals surface area contributed by atoms with Crippen molar-refractivity contribution in [3.8, 4) is 0 Å². The van der Waals surface area contributed by atoms with Gasteiger partial charge in [0.1, 0.15) is 18.4 Å². The molecule has 11 heteroatoms. The number of hydrogen-bond acceptors (Lipinski definition) is 4. The van der Waals surface area contributed by atoms with Gasteiger partial charge in [0.2, 0.25) is 11.8 Å². The Kier molecular flexibility index (Phi) is 10.5. The number of nitrogens with one attached hydrogen (secondary N) is 1. The van der Waals surface area contributed by atoms with Crippen molar-refractivity contribution in [3.05, 3.63) is 101 Å². The van der Waals surface area contributed by atoms with Gasteiger partial charge in [0.25, 0.3) is 0 Å². The van der Waals surface area contributed by atoms with E-state index in [1.165, 1.54) is 37.2 Å². The molecule has 3 rings (SSSR count). The minimum absolute atomic E-state index is 0.0401. The van der Waals surface area contributed by atoms with Crippen LogP contribution in [0.1, 0.15) is 31.9 Å². The number of benzene rings is 3. The zero-order valence-electron chi connectivity index (χ0n) is 23.8. The topological polar surface area (TPSA) is 90.0 Å². The lowest BCUT2D eigenvalue weighted by Crippen LogP contribution is -2.56. The number of hydrogen-bond donors (Lipinski definition) is 1. The molecule has 0 heterocycles. The van der Waals surface area contributed by atoms with Crippen LogP contribution in [0.5, 0.6) is 0 Å². The van der Waals surface area contributed by atoms with Gasteiger partial charge in [0.05, 0.1) is 5.69 Å². The van der Waals surface area contributed by atoms with E-state index in [2.05, 4.69) is 5.32 Å². The molecule has 0 saturated heterocycles. The largest absolute Gasteiger partial charge is 0.350 e. The van der Waals surface area contributed by atoms with E-state index in [-0.39, 0.29) is 18.7 Å². The van der Waals surface area contributed by atoms with Crippen molar-refractivity contribution < 1.29 is 22.4 Å². The first kappa shape index (κ1) is 32.0. The van der Waals surface area contributed by atoms with Crippen LogP contribution in [0.3, 0.4) is 0 Å². The number of anilines is 1. The Morgan fingerprint density at radius 3 is 2.12 bits per heavy atom.